The molecule has 5 heteroatoms. The third kappa shape index (κ3) is 3.16. The Kier molecular flexibility index (Phi) is 4.14. The molecule has 2 heterocycles. The van der Waals surface area contributed by atoms with Gasteiger partial charge in [0.1, 0.15) is 12.4 Å². The fraction of sp³-hybridized carbons (Fsp3) is 0.556. The Morgan fingerprint density at radius 3 is 2.96 bits per heavy atom. The molecule has 0 N–H and O–H groups in total. The maximum atomic E-state index is 5.91. The van der Waals surface area contributed by atoms with E-state index in [4.69, 9.17) is 4.74 Å². The number of nitrogens with zero attached hydrogens (tertiary/aromatic N) is 4. The number of aryl methyl sites for hydroxylation is 2. The van der Waals surface area contributed by atoms with Crippen LogP contribution in [-0.2, 0) is 24.6 Å². The molecule has 2 atom stereocenters. The molecule has 0 saturated carbocycles. The molecular weight excluding hydrogens is 288 g/mol. The summed E-state index contributed by atoms with van der Waals surface area (Å²) >= 11 is 0. The van der Waals surface area contributed by atoms with Gasteiger partial charge in [0.25, 0.3) is 0 Å². The zero-order valence-corrected chi connectivity index (χ0v) is 13.7. The summed E-state index contributed by atoms with van der Waals surface area (Å²) in [6.45, 7) is 3.88. The smallest absolute Gasteiger partial charge is 0.163 e. The van der Waals surface area contributed by atoms with Crippen LogP contribution in [-0.4, -0.2) is 45.9 Å². The van der Waals surface area contributed by atoms with Gasteiger partial charge in [-0.15, -0.1) is 10.2 Å². The van der Waals surface area contributed by atoms with Gasteiger partial charge in [0.05, 0.1) is 6.61 Å². The highest BCUT2D eigenvalue weighted by molar-refractivity contribution is 5.29. The lowest BCUT2D eigenvalue weighted by Crippen LogP contribution is -2.42. The van der Waals surface area contributed by atoms with Crippen LogP contribution in [0.4, 0.5) is 0 Å². The first-order valence-electron chi connectivity index (χ1n) is 8.54. The Morgan fingerprint density at radius 2 is 2.13 bits per heavy atom. The zero-order valence-electron chi connectivity index (χ0n) is 13.7. The van der Waals surface area contributed by atoms with E-state index in [9.17, 15) is 0 Å². The Hall–Kier alpha value is -1.72. The maximum absolute atomic E-state index is 5.91. The summed E-state index contributed by atoms with van der Waals surface area (Å²) in [6, 6.07) is 8.90. The normalized spacial score (nSPS) is 25.3. The van der Waals surface area contributed by atoms with Gasteiger partial charge in [-0.05, 0) is 36.3 Å². The monoisotopic (exact) mass is 312 g/mol. The average molecular weight is 312 g/mol. The van der Waals surface area contributed by atoms with E-state index in [0.717, 1.165) is 38.0 Å². The molecule has 4 rings (SSSR count). The fourth-order valence-electron chi connectivity index (χ4n) is 3.90. The van der Waals surface area contributed by atoms with E-state index in [0.29, 0.717) is 0 Å². The quantitative estimate of drug-likeness (QED) is 0.869. The second kappa shape index (κ2) is 6.42. The van der Waals surface area contributed by atoms with Crippen molar-refractivity contribution in [2.24, 2.45) is 13.0 Å². The molecule has 2 aliphatic rings. The third-order valence-electron chi connectivity index (χ3n) is 5.15. The summed E-state index contributed by atoms with van der Waals surface area (Å²) in [6.07, 6.45) is 5.52. The van der Waals surface area contributed by atoms with Crippen molar-refractivity contribution in [3.05, 3.63) is 47.5 Å². The lowest BCUT2D eigenvalue weighted by atomic mass is 9.83. The van der Waals surface area contributed by atoms with Crippen molar-refractivity contribution in [2.45, 2.75) is 25.4 Å². The van der Waals surface area contributed by atoms with Crippen molar-refractivity contribution >= 4 is 0 Å². The number of hydrogen-bond acceptors (Lipinski definition) is 4. The molecule has 1 aromatic heterocycles. The molecule has 1 aliphatic carbocycles. The SMILES string of the molecule is Cn1cnnc1C1CN(CC2CCc3ccccc3C2)CCO1. The molecule has 23 heavy (non-hydrogen) atoms. The second-order valence-electron chi connectivity index (χ2n) is 6.80. The first kappa shape index (κ1) is 14.8. The van der Waals surface area contributed by atoms with Gasteiger partial charge in [-0.3, -0.25) is 4.90 Å². The summed E-state index contributed by atoms with van der Waals surface area (Å²) in [5, 5.41) is 8.19. The van der Waals surface area contributed by atoms with Crippen LogP contribution in [0.25, 0.3) is 0 Å². The molecule has 1 saturated heterocycles. The fourth-order valence-corrected chi connectivity index (χ4v) is 3.90. The minimum atomic E-state index is 0.0483. The Labute approximate surface area is 137 Å². The molecule has 122 valence electrons. The molecule has 5 nitrogen and oxygen atoms in total. The van der Waals surface area contributed by atoms with Gasteiger partial charge in [-0.25, -0.2) is 0 Å². The van der Waals surface area contributed by atoms with Crippen molar-refractivity contribution < 1.29 is 4.74 Å². The molecule has 2 unspecified atom stereocenters. The Morgan fingerprint density at radius 1 is 1.26 bits per heavy atom. The van der Waals surface area contributed by atoms with E-state index < -0.39 is 0 Å². The van der Waals surface area contributed by atoms with E-state index in [1.54, 1.807) is 17.5 Å². The van der Waals surface area contributed by atoms with Crippen LogP contribution in [0, 0.1) is 5.92 Å². The van der Waals surface area contributed by atoms with Gasteiger partial charge in [0.2, 0.25) is 0 Å². The van der Waals surface area contributed by atoms with Crippen LogP contribution < -0.4 is 0 Å². The summed E-state index contributed by atoms with van der Waals surface area (Å²) in [5.41, 5.74) is 3.09. The van der Waals surface area contributed by atoms with Crippen molar-refractivity contribution in [2.75, 3.05) is 26.2 Å². The molecule has 1 aromatic carbocycles. The predicted octanol–water partition coefficient (Wildman–Crippen LogP) is 1.99. The highest BCUT2D eigenvalue weighted by Crippen LogP contribution is 2.27. The van der Waals surface area contributed by atoms with Crippen LogP contribution in [0.15, 0.2) is 30.6 Å². The molecule has 2 aromatic rings. The van der Waals surface area contributed by atoms with Crippen LogP contribution in [0.3, 0.4) is 0 Å². The number of morpholine rings is 1. The Bertz CT molecular complexity index is 669. The third-order valence-corrected chi connectivity index (χ3v) is 5.15. The summed E-state index contributed by atoms with van der Waals surface area (Å²) in [5.74, 6) is 1.69. The van der Waals surface area contributed by atoms with Crippen molar-refractivity contribution in [3.63, 3.8) is 0 Å². The number of fused-ring (bicyclic) bond motifs is 1. The number of benzene rings is 1. The van der Waals surface area contributed by atoms with E-state index in [1.165, 1.54) is 19.3 Å². The summed E-state index contributed by atoms with van der Waals surface area (Å²) in [7, 11) is 1.98. The van der Waals surface area contributed by atoms with Crippen molar-refractivity contribution in [3.8, 4) is 0 Å². The highest BCUT2D eigenvalue weighted by Gasteiger charge is 2.28. The van der Waals surface area contributed by atoms with Crippen LogP contribution in [0.1, 0.15) is 29.5 Å². The molecule has 0 bridgehead atoms. The molecular formula is C18H24N4O. The van der Waals surface area contributed by atoms with Gasteiger partial charge in [0.15, 0.2) is 5.82 Å². The van der Waals surface area contributed by atoms with Crippen molar-refractivity contribution in [1.82, 2.24) is 19.7 Å². The van der Waals surface area contributed by atoms with E-state index in [-0.39, 0.29) is 6.10 Å². The van der Waals surface area contributed by atoms with E-state index >= 15 is 0 Å². The van der Waals surface area contributed by atoms with E-state index in [1.807, 2.05) is 11.6 Å². The summed E-state index contributed by atoms with van der Waals surface area (Å²) < 4.78 is 7.88. The van der Waals surface area contributed by atoms with Gasteiger partial charge >= 0.3 is 0 Å². The minimum absolute atomic E-state index is 0.0483. The number of hydrogen-bond donors (Lipinski definition) is 0. The lowest BCUT2D eigenvalue weighted by Gasteiger charge is -2.36. The first-order chi connectivity index (χ1) is 11.3. The molecule has 0 amide bonds. The van der Waals surface area contributed by atoms with Gasteiger partial charge in [-0.1, -0.05) is 24.3 Å². The first-order valence-corrected chi connectivity index (χ1v) is 8.54. The average Bonchev–Trinajstić information content (AvgIpc) is 3.01. The molecule has 1 fully saturated rings. The van der Waals surface area contributed by atoms with E-state index in [2.05, 4.69) is 39.4 Å². The van der Waals surface area contributed by atoms with Crippen LogP contribution in [0.5, 0.6) is 0 Å². The standard InChI is InChI=1S/C18H24N4O/c1-21-13-19-20-18(21)17-12-22(8-9-23-17)11-14-6-7-15-4-2-3-5-16(15)10-14/h2-5,13-14,17H,6-12H2,1H3. The molecule has 0 radical (unpaired) electrons. The lowest BCUT2D eigenvalue weighted by molar-refractivity contribution is -0.0405. The molecule has 1 aliphatic heterocycles. The van der Waals surface area contributed by atoms with Crippen molar-refractivity contribution in [1.29, 1.82) is 0 Å². The topological polar surface area (TPSA) is 43.2 Å². The maximum Gasteiger partial charge on any atom is 0.163 e. The number of ether oxygens (including phenoxy) is 1. The van der Waals surface area contributed by atoms with Crippen LogP contribution >= 0.6 is 0 Å². The van der Waals surface area contributed by atoms with Gasteiger partial charge in [-0.2, -0.15) is 0 Å². The molecule has 0 spiro atoms. The highest BCUT2D eigenvalue weighted by atomic mass is 16.5. The van der Waals surface area contributed by atoms with Gasteiger partial charge in [0, 0.05) is 26.7 Å². The second-order valence-corrected chi connectivity index (χ2v) is 6.80. The minimum Gasteiger partial charge on any atom is -0.368 e. The van der Waals surface area contributed by atoms with Crippen LogP contribution in [0.2, 0.25) is 0 Å². The largest absolute Gasteiger partial charge is 0.368 e. The predicted molar refractivity (Wildman–Crippen MR) is 88.1 cm³/mol. The van der Waals surface area contributed by atoms with Gasteiger partial charge < -0.3 is 9.30 Å². The number of aromatic nitrogens is 3. The Balaban J connectivity index is 1.39. The summed E-state index contributed by atoms with van der Waals surface area (Å²) in [4.78, 5) is 2.54. The zero-order chi connectivity index (χ0) is 15.6. The number of rotatable bonds is 3.